The van der Waals surface area contributed by atoms with Gasteiger partial charge in [-0.05, 0) is 30.2 Å². The molecule has 0 saturated carbocycles. The van der Waals surface area contributed by atoms with Crippen LogP contribution in [0.5, 0.6) is 0 Å². The van der Waals surface area contributed by atoms with Crippen molar-refractivity contribution in [3.05, 3.63) is 59.4 Å². The maximum atomic E-state index is 11.4. The Hall–Kier alpha value is -2.36. The number of esters is 1. The predicted octanol–water partition coefficient (Wildman–Crippen LogP) is 2.36. The van der Waals surface area contributed by atoms with Gasteiger partial charge in [-0.2, -0.15) is 0 Å². The van der Waals surface area contributed by atoms with Gasteiger partial charge in [-0.1, -0.05) is 24.3 Å². The number of nitrogens with zero attached hydrogens (tertiary/aromatic N) is 1. The molecule has 0 unspecified atom stereocenters. The van der Waals surface area contributed by atoms with E-state index >= 15 is 0 Å². The molecule has 0 spiro atoms. The molecule has 1 heterocycles. The highest BCUT2D eigenvalue weighted by atomic mass is 16.5. The Balaban J connectivity index is 1.97. The van der Waals surface area contributed by atoms with Crippen molar-refractivity contribution in [2.45, 2.75) is 19.8 Å². The minimum absolute atomic E-state index is 0.194. The zero-order valence-corrected chi connectivity index (χ0v) is 11.5. The summed E-state index contributed by atoms with van der Waals surface area (Å²) in [7, 11) is 0. The average molecular weight is 270 g/mol. The molecular weight excluding hydrogens is 252 g/mol. The summed E-state index contributed by atoms with van der Waals surface area (Å²) in [5.41, 5.74) is 9.34. The summed E-state index contributed by atoms with van der Waals surface area (Å²) in [6.07, 6.45) is 2.72. The second-order valence-electron chi connectivity index (χ2n) is 4.56. The number of carbonyl (C=O) groups excluding carboxylic acids is 1. The van der Waals surface area contributed by atoms with Gasteiger partial charge in [0.1, 0.15) is 0 Å². The van der Waals surface area contributed by atoms with Crippen LogP contribution in [0.4, 0.5) is 5.69 Å². The van der Waals surface area contributed by atoms with E-state index in [1.54, 1.807) is 13.1 Å². The highest BCUT2D eigenvalue weighted by molar-refractivity contribution is 5.72. The van der Waals surface area contributed by atoms with Crippen LogP contribution in [0.2, 0.25) is 0 Å². The number of pyridine rings is 1. The Morgan fingerprint density at radius 3 is 2.45 bits per heavy atom. The molecule has 0 atom stereocenters. The molecule has 1 aromatic carbocycles. The number of anilines is 1. The highest BCUT2D eigenvalue weighted by Crippen LogP contribution is 2.11. The first kappa shape index (κ1) is 14.1. The third kappa shape index (κ3) is 4.09. The van der Waals surface area contributed by atoms with Crippen molar-refractivity contribution >= 4 is 11.7 Å². The minimum atomic E-state index is -0.194. The maximum absolute atomic E-state index is 11.4. The first-order valence-electron chi connectivity index (χ1n) is 6.61. The molecule has 0 aliphatic rings. The summed E-state index contributed by atoms with van der Waals surface area (Å²) in [6, 6.07) is 11.7. The number of hydrogen-bond donors (Lipinski definition) is 1. The molecule has 1 aromatic heterocycles. The molecule has 2 N–H and O–H groups in total. The van der Waals surface area contributed by atoms with Gasteiger partial charge in [0.05, 0.1) is 24.9 Å². The molecule has 0 aliphatic carbocycles. The van der Waals surface area contributed by atoms with Crippen molar-refractivity contribution < 1.29 is 9.53 Å². The Morgan fingerprint density at radius 1 is 1.15 bits per heavy atom. The number of carbonyl (C=O) groups is 1. The number of benzene rings is 1. The smallest absolute Gasteiger partial charge is 0.310 e. The molecule has 2 aromatic rings. The SMILES string of the molecule is CCOC(=O)Cc1ccc(Cc2ccc(N)cn2)cc1. The molecule has 0 radical (unpaired) electrons. The van der Waals surface area contributed by atoms with Crippen LogP contribution in [0.25, 0.3) is 0 Å². The summed E-state index contributed by atoms with van der Waals surface area (Å²) >= 11 is 0. The van der Waals surface area contributed by atoms with E-state index in [0.717, 1.165) is 23.2 Å². The Morgan fingerprint density at radius 2 is 1.85 bits per heavy atom. The average Bonchev–Trinajstić information content (AvgIpc) is 2.44. The molecule has 4 nitrogen and oxygen atoms in total. The topological polar surface area (TPSA) is 65.2 Å². The van der Waals surface area contributed by atoms with Crippen molar-refractivity contribution in [2.75, 3.05) is 12.3 Å². The van der Waals surface area contributed by atoms with Crippen LogP contribution in [0.3, 0.4) is 0 Å². The molecule has 0 amide bonds. The molecular formula is C16H18N2O2. The lowest BCUT2D eigenvalue weighted by atomic mass is 10.1. The van der Waals surface area contributed by atoms with Crippen LogP contribution >= 0.6 is 0 Å². The van der Waals surface area contributed by atoms with Gasteiger partial charge in [-0.15, -0.1) is 0 Å². The minimum Gasteiger partial charge on any atom is -0.466 e. The monoisotopic (exact) mass is 270 g/mol. The molecule has 0 aliphatic heterocycles. The Kier molecular flexibility index (Phi) is 4.71. The fourth-order valence-electron chi connectivity index (χ4n) is 1.90. The third-order valence-corrected chi connectivity index (χ3v) is 2.91. The van der Waals surface area contributed by atoms with Gasteiger partial charge >= 0.3 is 5.97 Å². The van der Waals surface area contributed by atoms with Crippen molar-refractivity contribution in [2.24, 2.45) is 0 Å². The highest BCUT2D eigenvalue weighted by Gasteiger charge is 2.04. The zero-order chi connectivity index (χ0) is 14.4. The normalized spacial score (nSPS) is 10.2. The third-order valence-electron chi connectivity index (χ3n) is 2.91. The van der Waals surface area contributed by atoms with E-state index in [1.165, 1.54) is 0 Å². The second kappa shape index (κ2) is 6.70. The molecule has 2 rings (SSSR count). The predicted molar refractivity (Wildman–Crippen MR) is 78.2 cm³/mol. The quantitative estimate of drug-likeness (QED) is 0.847. The van der Waals surface area contributed by atoms with E-state index in [-0.39, 0.29) is 5.97 Å². The van der Waals surface area contributed by atoms with Crippen LogP contribution in [-0.2, 0) is 22.4 Å². The van der Waals surface area contributed by atoms with Crippen molar-refractivity contribution in [3.8, 4) is 0 Å². The summed E-state index contributed by atoms with van der Waals surface area (Å²) in [5, 5.41) is 0. The van der Waals surface area contributed by atoms with Gasteiger partial charge < -0.3 is 10.5 Å². The van der Waals surface area contributed by atoms with Crippen LogP contribution in [-0.4, -0.2) is 17.6 Å². The Labute approximate surface area is 118 Å². The van der Waals surface area contributed by atoms with Gasteiger partial charge in [0.25, 0.3) is 0 Å². The second-order valence-corrected chi connectivity index (χ2v) is 4.56. The summed E-state index contributed by atoms with van der Waals surface area (Å²) < 4.78 is 4.92. The lowest BCUT2D eigenvalue weighted by Crippen LogP contribution is -2.07. The number of nitrogen functional groups attached to an aromatic ring is 1. The van der Waals surface area contributed by atoms with Gasteiger partial charge in [0.2, 0.25) is 0 Å². The fourth-order valence-corrected chi connectivity index (χ4v) is 1.90. The van der Waals surface area contributed by atoms with E-state index < -0.39 is 0 Å². The first-order chi connectivity index (χ1) is 9.67. The molecule has 20 heavy (non-hydrogen) atoms. The van der Waals surface area contributed by atoms with Crippen molar-refractivity contribution in [1.29, 1.82) is 0 Å². The van der Waals surface area contributed by atoms with Gasteiger partial charge in [-0.25, -0.2) is 0 Å². The summed E-state index contributed by atoms with van der Waals surface area (Å²) in [5.74, 6) is -0.194. The first-order valence-corrected chi connectivity index (χ1v) is 6.61. The van der Waals surface area contributed by atoms with Crippen LogP contribution in [0, 0.1) is 0 Å². The zero-order valence-electron chi connectivity index (χ0n) is 11.5. The number of nitrogens with two attached hydrogens (primary N) is 1. The van der Waals surface area contributed by atoms with Crippen LogP contribution in [0.15, 0.2) is 42.6 Å². The molecule has 104 valence electrons. The van der Waals surface area contributed by atoms with E-state index in [0.29, 0.717) is 18.7 Å². The molecule has 0 saturated heterocycles. The molecule has 0 fully saturated rings. The van der Waals surface area contributed by atoms with Crippen molar-refractivity contribution in [3.63, 3.8) is 0 Å². The summed E-state index contributed by atoms with van der Waals surface area (Å²) in [4.78, 5) is 15.6. The van der Waals surface area contributed by atoms with Crippen LogP contribution < -0.4 is 5.73 Å². The lowest BCUT2D eigenvalue weighted by Gasteiger charge is -2.05. The van der Waals surface area contributed by atoms with E-state index in [9.17, 15) is 4.79 Å². The Bertz CT molecular complexity index is 562. The number of ether oxygens (including phenoxy) is 1. The maximum Gasteiger partial charge on any atom is 0.310 e. The standard InChI is InChI=1S/C16H18N2O2/c1-2-20-16(19)10-13-5-3-12(4-6-13)9-15-8-7-14(17)11-18-15/h3-8,11H,2,9-10,17H2,1H3. The number of hydrogen-bond acceptors (Lipinski definition) is 4. The number of rotatable bonds is 5. The van der Waals surface area contributed by atoms with E-state index in [2.05, 4.69) is 4.98 Å². The van der Waals surface area contributed by atoms with Crippen LogP contribution in [0.1, 0.15) is 23.7 Å². The summed E-state index contributed by atoms with van der Waals surface area (Å²) in [6.45, 7) is 2.22. The largest absolute Gasteiger partial charge is 0.466 e. The lowest BCUT2D eigenvalue weighted by molar-refractivity contribution is -0.142. The van der Waals surface area contributed by atoms with Gasteiger partial charge in [0, 0.05) is 12.1 Å². The molecule has 0 bridgehead atoms. The molecule has 4 heteroatoms. The van der Waals surface area contributed by atoms with E-state index in [4.69, 9.17) is 10.5 Å². The fraction of sp³-hybridized carbons (Fsp3) is 0.250. The van der Waals surface area contributed by atoms with E-state index in [1.807, 2.05) is 36.4 Å². The number of aromatic nitrogens is 1. The van der Waals surface area contributed by atoms with Gasteiger partial charge in [0.15, 0.2) is 0 Å². The van der Waals surface area contributed by atoms with Gasteiger partial charge in [-0.3, -0.25) is 9.78 Å². The van der Waals surface area contributed by atoms with Crippen molar-refractivity contribution in [1.82, 2.24) is 4.98 Å².